The van der Waals surface area contributed by atoms with Crippen molar-refractivity contribution in [3.63, 3.8) is 0 Å². The summed E-state index contributed by atoms with van der Waals surface area (Å²) in [6.45, 7) is 3.62. The number of carbonyl (C=O) groups excluding carboxylic acids is 1. The highest BCUT2D eigenvalue weighted by Gasteiger charge is 2.33. The molecule has 0 aromatic heterocycles. The van der Waals surface area contributed by atoms with E-state index in [-0.39, 0.29) is 27.9 Å². The number of rotatable bonds is 5. The lowest BCUT2D eigenvalue weighted by Crippen LogP contribution is -2.55. The molecule has 9 heteroatoms. The Kier molecular flexibility index (Phi) is 7.42. The van der Waals surface area contributed by atoms with Crippen LogP contribution >= 0.6 is 27.5 Å². The molecule has 1 aliphatic heterocycles. The van der Waals surface area contributed by atoms with Crippen LogP contribution in [-0.2, 0) is 14.8 Å². The van der Waals surface area contributed by atoms with Gasteiger partial charge in [-0.2, -0.15) is 4.31 Å². The first-order chi connectivity index (χ1) is 13.3. The van der Waals surface area contributed by atoms with E-state index in [1.54, 1.807) is 12.1 Å². The highest BCUT2D eigenvalue weighted by atomic mass is 79.9. The van der Waals surface area contributed by atoms with Crippen molar-refractivity contribution in [3.05, 3.63) is 27.7 Å². The van der Waals surface area contributed by atoms with E-state index in [0.717, 1.165) is 17.3 Å². The quantitative estimate of drug-likeness (QED) is 0.685. The molecule has 0 radical (unpaired) electrons. The number of amides is 1. The van der Waals surface area contributed by atoms with Crippen molar-refractivity contribution in [1.82, 2.24) is 14.5 Å². The summed E-state index contributed by atoms with van der Waals surface area (Å²) < 4.78 is 28.0. The van der Waals surface area contributed by atoms with Crippen LogP contribution in [0.2, 0.25) is 5.02 Å². The molecule has 6 nitrogen and oxygen atoms in total. The Morgan fingerprint density at radius 1 is 1.18 bits per heavy atom. The van der Waals surface area contributed by atoms with Gasteiger partial charge in [-0.3, -0.25) is 9.69 Å². The van der Waals surface area contributed by atoms with E-state index in [4.69, 9.17) is 11.6 Å². The summed E-state index contributed by atoms with van der Waals surface area (Å²) in [6.07, 6.45) is 5.71. The summed E-state index contributed by atoms with van der Waals surface area (Å²) in [6, 6.07) is 4.80. The predicted octanol–water partition coefficient (Wildman–Crippen LogP) is 3.25. The molecule has 28 heavy (non-hydrogen) atoms. The fraction of sp³-hybridized carbons (Fsp3) is 0.632. The lowest BCUT2D eigenvalue weighted by molar-refractivity contribution is -0.127. The van der Waals surface area contributed by atoms with Crippen molar-refractivity contribution < 1.29 is 13.2 Å². The molecule has 1 heterocycles. The Morgan fingerprint density at radius 3 is 2.43 bits per heavy atom. The number of nitrogens with zero attached hydrogens (tertiary/aromatic N) is 2. The third-order valence-corrected chi connectivity index (χ3v) is 8.54. The fourth-order valence-electron chi connectivity index (χ4n) is 3.89. The van der Waals surface area contributed by atoms with Gasteiger partial charge in [-0.15, -0.1) is 0 Å². The van der Waals surface area contributed by atoms with Crippen molar-refractivity contribution in [1.29, 1.82) is 0 Å². The van der Waals surface area contributed by atoms with E-state index < -0.39 is 10.0 Å². The van der Waals surface area contributed by atoms with Crippen LogP contribution in [0.25, 0.3) is 0 Å². The molecular formula is C19H27BrClN3O3S. The zero-order valence-electron chi connectivity index (χ0n) is 16.0. The van der Waals surface area contributed by atoms with E-state index in [2.05, 4.69) is 21.2 Å². The van der Waals surface area contributed by atoms with Crippen LogP contribution in [0.15, 0.2) is 27.6 Å². The van der Waals surface area contributed by atoms with Gasteiger partial charge < -0.3 is 5.32 Å². The maximum absolute atomic E-state index is 12.9. The summed E-state index contributed by atoms with van der Waals surface area (Å²) in [5.41, 5.74) is 0. The standard InChI is InChI=1S/C19H27BrClN3O3S/c1-14(19(25)22-16-5-3-2-4-6-16)23-9-11-24(12-10-23)28(26,27)18-8-7-15(20)13-17(18)21/h7-8,13-14,16H,2-6,9-12H2,1H3,(H,22,25)/t14-/m0/s1. The summed E-state index contributed by atoms with van der Waals surface area (Å²) in [5.74, 6) is 0.0409. The fourth-order valence-corrected chi connectivity index (χ4v) is 6.32. The molecular weight excluding hydrogens is 466 g/mol. The number of sulfonamides is 1. The monoisotopic (exact) mass is 491 g/mol. The molecule has 156 valence electrons. The summed E-state index contributed by atoms with van der Waals surface area (Å²) in [5, 5.41) is 3.37. The number of nitrogens with one attached hydrogen (secondary N) is 1. The smallest absolute Gasteiger partial charge is 0.244 e. The number of carbonyl (C=O) groups is 1. The molecule has 2 aliphatic rings. The minimum Gasteiger partial charge on any atom is -0.352 e. The van der Waals surface area contributed by atoms with Crippen LogP contribution in [0, 0.1) is 0 Å². The zero-order valence-corrected chi connectivity index (χ0v) is 19.2. The molecule has 0 unspecified atom stereocenters. The highest BCUT2D eigenvalue weighted by molar-refractivity contribution is 9.10. The lowest BCUT2D eigenvalue weighted by Gasteiger charge is -2.37. The molecule has 1 saturated carbocycles. The first-order valence-electron chi connectivity index (χ1n) is 9.78. The second-order valence-electron chi connectivity index (χ2n) is 7.53. The Labute approximate surface area is 180 Å². The molecule has 0 spiro atoms. The van der Waals surface area contributed by atoms with E-state index >= 15 is 0 Å². The normalized spacial score (nSPS) is 21.4. The summed E-state index contributed by atoms with van der Waals surface area (Å²) in [7, 11) is -3.65. The average Bonchev–Trinajstić information content (AvgIpc) is 2.68. The van der Waals surface area contributed by atoms with Crippen molar-refractivity contribution in [3.8, 4) is 0 Å². The molecule has 1 amide bonds. The van der Waals surface area contributed by atoms with Gasteiger partial charge in [-0.1, -0.05) is 46.8 Å². The molecule has 0 bridgehead atoms. The third kappa shape index (κ3) is 5.08. The highest BCUT2D eigenvalue weighted by Crippen LogP contribution is 2.28. The first-order valence-corrected chi connectivity index (χ1v) is 12.4. The Morgan fingerprint density at radius 2 is 1.82 bits per heavy atom. The maximum Gasteiger partial charge on any atom is 0.244 e. The summed E-state index contributed by atoms with van der Waals surface area (Å²) >= 11 is 9.44. The Hall–Kier alpha value is -0.670. The second-order valence-corrected chi connectivity index (χ2v) is 10.8. The van der Waals surface area contributed by atoms with E-state index in [1.165, 1.54) is 29.6 Å². The largest absolute Gasteiger partial charge is 0.352 e. The molecule has 1 aliphatic carbocycles. The van der Waals surface area contributed by atoms with Crippen LogP contribution in [0.4, 0.5) is 0 Å². The van der Waals surface area contributed by atoms with Crippen molar-refractivity contribution >= 4 is 43.5 Å². The van der Waals surface area contributed by atoms with Gasteiger partial charge in [0.2, 0.25) is 15.9 Å². The van der Waals surface area contributed by atoms with Gasteiger partial charge in [0, 0.05) is 36.7 Å². The van der Waals surface area contributed by atoms with Crippen LogP contribution in [-0.4, -0.2) is 61.8 Å². The van der Waals surface area contributed by atoms with Gasteiger partial charge in [0.25, 0.3) is 0 Å². The van der Waals surface area contributed by atoms with E-state index in [9.17, 15) is 13.2 Å². The molecule has 1 aromatic rings. The Bertz CT molecular complexity index is 807. The van der Waals surface area contributed by atoms with Gasteiger partial charge in [-0.25, -0.2) is 8.42 Å². The first kappa shape index (κ1) is 22.0. The average molecular weight is 493 g/mol. The molecule has 3 rings (SSSR count). The predicted molar refractivity (Wildman–Crippen MR) is 114 cm³/mol. The van der Waals surface area contributed by atoms with Crippen LogP contribution in [0.5, 0.6) is 0 Å². The van der Waals surface area contributed by atoms with Crippen molar-refractivity contribution in [2.45, 2.75) is 56.0 Å². The van der Waals surface area contributed by atoms with Gasteiger partial charge in [0.05, 0.1) is 11.1 Å². The SMILES string of the molecule is C[C@@H](C(=O)NC1CCCCC1)N1CCN(S(=O)(=O)c2ccc(Br)cc2Cl)CC1. The van der Waals surface area contributed by atoms with Crippen LogP contribution in [0.1, 0.15) is 39.0 Å². The number of hydrogen-bond acceptors (Lipinski definition) is 4. The third-order valence-electron chi connectivity index (χ3n) is 5.66. The molecule has 1 aromatic carbocycles. The number of halogens is 2. The molecule has 2 fully saturated rings. The van der Waals surface area contributed by atoms with Crippen LogP contribution < -0.4 is 5.32 Å². The minimum atomic E-state index is -3.65. The minimum absolute atomic E-state index is 0.0409. The number of piperazine rings is 1. The van der Waals surface area contributed by atoms with E-state index in [0.29, 0.717) is 26.2 Å². The molecule has 1 saturated heterocycles. The zero-order chi connectivity index (χ0) is 20.3. The van der Waals surface area contributed by atoms with Crippen LogP contribution in [0.3, 0.4) is 0 Å². The number of hydrogen-bond donors (Lipinski definition) is 1. The Balaban J connectivity index is 1.58. The van der Waals surface area contributed by atoms with Gasteiger partial charge in [-0.05, 0) is 38.0 Å². The van der Waals surface area contributed by atoms with Crippen molar-refractivity contribution in [2.75, 3.05) is 26.2 Å². The van der Waals surface area contributed by atoms with Gasteiger partial charge >= 0.3 is 0 Å². The molecule has 1 N–H and O–H groups in total. The van der Waals surface area contributed by atoms with E-state index in [1.807, 2.05) is 11.8 Å². The summed E-state index contributed by atoms with van der Waals surface area (Å²) in [4.78, 5) is 14.7. The molecule has 1 atom stereocenters. The van der Waals surface area contributed by atoms with Gasteiger partial charge in [0.1, 0.15) is 4.90 Å². The lowest BCUT2D eigenvalue weighted by atomic mass is 9.95. The van der Waals surface area contributed by atoms with Crippen molar-refractivity contribution in [2.24, 2.45) is 0 Å². The second kappa shape index (κ2) is 9.43. The van der Waals surface area contributed by atoms with Gasteiger partial charge in [0.15, 0.2) is 0 Å². The topological polar surface area (TPSA) is 69.7 Å². The number of benzene rings is 1. The maximum atomic E-state index is 12.9.